The van der Waals surface area contributed by atoms with Gasteiger partial charge in [0.25, 0.3) is 0 Å². The summed E-state index contributed by atoms with van der Waals surface area (Å²) in [6, 6.07) is 5.35. The van der Waals surface area contributed by atoms with E-state index in [1.54, 1.807) is 23.4 Å². The molecule has 2 heterocycles. The summed E-state index contributed by atoms with van der Waals surface area (Å²) in [5.74, 6) is -1.09. The molecule has 0 bridgehead atoms. The number of hydrogen-bond acceptors (Lipinski definition) is 5. The number of nitrogens with zero attached hydrogens (tertiary/aromatic N) is 4. The van der Waals surface area contributed by atoms with E-state index in [0.29, 0.717) is 50.8 Å². The molecule has 132 valence electrons. The van der Waals surface area contributed by atoms with Crippen LogP contribution >= 0.6 is 0 Å². The Labute approximate surface area is 144 Å². The highest BCUT2D eigenvalue weighted by atomic mass is 19.2. The highest BCUT2D eigenvalue weighted by molar-refractivity contribution is 5.77. The Hall–Kier alpha value is -2.77. The smallest absolute Gasteiger partial charge is 0.225 e. The number of halogens is 2. The van der Waals surface area contributed by atoms with Gasteiger partial charge in [-0.1, -0.05) is 0 Å². The summed E-state index contributed by atoms with van der Waals surface area (Å²) >= 11 is 0. The predicted molar refractivity (Wildman–Crippen MR) is 90.3 cm³/mol. The van der Waals surface area contributed by atoms with E-state index >= 15 is 0 Å². The van der Waals surface area contributed by atoms with Gasteiger partial charge in [-0.05, 0) is 24.3 Å². The normalized spacial score (nSPS) is 14.5. The molecule has 8 heteroatoms. The molecule has 1 aliphatic heterocycles. The first-order chi connectivity index (χ1) is 12.1. The summed E-state index contributed by atoms with van der Waals surface area (Å²) in [7, 11) is 0. The number of hydrogen-bond donors (Lipinski definition) is 1. The second kappa shape index (κ2) is 7.87. The van der Waals surface area contributed by atoms with Crippen LogP contribution in [0.4, 0.5) is 20.4 Å². The number of piperazine rings is 1. The quantitative estimate of drug-likeness (QED) is 0.895. The van der Waals surface area contributed by atoms with E-state index < -0.39 is 11.6 Å². The van der Waals surface area contributed by atoms with Crippen LogP contribution in [0.5, 0.6) is 0 Å². The average Bonchev–Trinajstić information content (AvgIpc) is 2.65. The van der Waals surface area contributed by atoms with Crippen molar-refractivity contribution in [3.63, 3.8) is 0 Å². The van der Waals surface area contributed by atoms with Crippen LogP contribution in [0.15, 0.2) is 36.7 Å². The maximum absolute atomic E-state index is 13.1. The van der Waals surface area contributed by atoms with E-state index in [0.717, 1.165) is 12.1 Å². The Bertz CT molecular complexity index is 720. The summed E-state index contributed by atoms with van der Waals surface area (Å²) in [5, 5.41) is 2.93. The van der Waals surface area contributed by atoms with Gasteiger partial charge in [-0.3, -0.25) is 4.79 Å². The second-order valence-corrected chi connectivity index (χ2v) is 5.72. The topological polar surface area (TPSA) is 61.4 Å². The van der Waals surface area contributed by atoms with Gasteiger partial charge in [0.15, 0.2) is 11.6 Å². The first-order valence-corrected chi connectivity index (χ1v) is 8.12. The van der Waals surface area contributed by atoms with Crippen molar-refractivity contribution in [1.82, 2.24) is 14.9 Å². The molecule has 0 atom stereocenters. The average molecular weight is 347 g/mol. The standard InChI is InChI=1S/C17H19F2N5O/c18-14-3-2-13(12-15(14)19)20-7-4-16(25)23-8-10-24(11-9-23)17-21-5-1-6-22-17/h1-3,5-6,12,20H,4,7-11H2. The Kier molecular flexibility index (Phi) is 5.37. The minimum absolute atomic E-state index is 0.0312. The number of benzene rings is 1. The number of nitrogens with one attached hydrogen (secondary N) is 1. The van der Waals surface area contributed by atoms with Gasteiger partial charge in [-0.2, -0.15) is 0 Å². The van der Waals surface area contributed by atoms with Crippen LogP contribution in [-0.2, 0) is 4.79 Å². The van der Waals surface area contributed by atoms with Gasteiger partial charge < -0.3 is 15.1 Å². The Morgan fingerprint density at radius 1 is 1.08 bits per heavy atom. The fourth-order valence-electron chi connectivity index (χ4n) is 2.69. The Morgan fingerprint density at radius 2 is 1.80 bits per heavy atom. The molecular weight excluding hydrogens is 328 g/mol. The summed E-state index contributed by atoms with van der Waals surface area (Å²) in [5.41, 5.74) is 0.456. The first kappa shape index (κ1) is 17.1. The Balaban J connectivity index is 1.43. The third-order valence-electron chi connectivity index (χ3n) is 4.05. The third-order valence-corrected chi connectivity index (χ3v) is 4.05. The van der Waals surface area contributed by atoms with Gasteiger partial charge in [-0.25, -0.2) is 18.7 Å². The molecule has 0 saturated carbocycles. The molecule has 0 radical (unpaired) electrons. The number of aromatic nitrogens is 2. The van der Waals surface area contributed by atoms with Crippen LogP contribution in [-0.4, -0.2) is 53.5 Å². The maximum atomic E-state index is 13.1. The van der Waals surface area contributed by atoms with E-state index in [-0.39, 0.29) is 5.91 Å². The number of carbonyl (C=O) groups is 1. The van der Waals surface area contributed by atoms with E-state index in [1.807, 2.05) is 4.90 Å². The highest BCUT2D eigenvalue weighted by Crippen LogP contribution is 2.14. The Morgan fingerprint density at radius 3 is 2.48 bits per heavy atom. The molecule has 0 spiro atoms. The molecule has 1 N–H and O–H groups in total. The van der Waals surface area contributed by atoms with Crippen LogP contribution in [0.2, 0.25) is 0 Å². The van der Waals surface area contributed by atoms with Gasteiger partial charge in [-0.15, -0.1) is 0 Å². The van der Waals surface area contributed by atoms with Crippen molar-refractivity contribution in [2.75, 3.05) is 42.9 Å². The van der Waals surface area contributed by atoms with Crippen molar-refractivity contribution >= 4 is 17.5 Å². The third kappa shape index (κ3) is 4.40. The number of anilines is 2. The van der Waals surface area contributed by atoms with Gasteiger partial charge in [0.1, 0.15) is 0 Å². The van der Waals surface area contributed by atoms with Gasteiger partial charge in [0.2, 0.25) is 11.9 Å². The van der Waals surface area contributed by atoms with Gasteiger partial charge >= 0.3 is 0 Å². The summed E-state index contributed by atoms with van der Waals surface area (Å²) in [6.45, 7) is 2.97. The largest absolute Gasteiger partial charge is 0.384 e. The van der Waals surface area contributed by atoms with Crippen LogP contribution in [0.1, 0.15) is 6.42 Å². The molecule has 1 aliphatic rings. The molecule has 2 aromatic rings. The number of rotatable bonds is 5. The number of carbonyl (C=O) groups excluding carboxylic acids is 1. The molecule has 1 aromatic heterocycles. The minimum atomic E-state index is -0.907. The van der Waals surface area contributed by atoms with Crippen LogP contribution in [0.3, 0.4) is 0 Å². The van der Waals surface area contributed by atoms with Gasteiger partial charge in [0.05, 0.1) is 0 Å². The summed E-state index contributed by atoms with van der Waals surface area (Å²) < 4.78 is 26.0. The van der Waals surface area contributed by atoms with Crippen molar-refractivity contribution in [3.05, 3.63) is 48.3 Å². The summed E-state index contributed by atoms with van der Waals surface area (Å²) in [4.78, 5) is 24.5. The van der Waals surface area contributed by atoms with Gasteiger partial charge in [0, 0.05) is 57.2 Å². The van der Waals surface area contributed by atoms with Crippen molar-refractivity contribution in [2.45, 2.75) is 6.42 Å². The fraction of sp³-hybridized carbons (Fsp3) is 0.353. The number of amides is 1. The van der Waals surface area contributed by atoms with E-state index in [2.05, 4.69) is 15.3 Å². The lowest BCUT2D eigenvalue weighted by Crippen LogP contribution is -2.49. The SMILES string of the molecule is O=C(CCNc1ccc(F)c(F)c1)N1CCN(c2ncccn2)CC1. The van der Waals surface area contributed by atoms with Crippen molar-refractivity contribution in [2.24, 2.45) is 0 Å². The maximum Gasteiger partial charge on any atom is 0.225 e. The second-order valence-electron chi connectivity index (χ2n) is 5.72. The van der Waals surface area contributed by atoms with E-state index in [4.69, 9.17) is 0 Å². The monoisotopic (exact) mass is 347 g/mol. The van der Waals surface area contributed by atoms with E-state index in [1.165, 1.54) is 6.07 Å². The molecule has 1 saturated heterocycles. The zero-order chi connectivity index (χ0) is 17.6. The van der Waals surface area contributed by atoms with Crippen molar-refractivity contribution in [1.29, 1.82) is 0 Å². The van der Waals surface area contributed by atoms with Crippen molar-refractivity contribution in [3.8, 4) is 0 Å². The molecule has 0 aliphatic carbocycles. The molecule has 1 amide bonds. The molecule has 6 nitrogen and oxygen atoms in total. The zero-order valence-electron chi connectivity index (χ0n) is 13.7. The lowest BCUT2D eigenvalue weighted by atomic mass is 10.2. The molecule has 0 unspecified atom stereocenters. The molecule has 1 fully saturated rings. The summed E-state index contributed by atoms with van der Waals surface area (Å²) in [6.07, 6.45) is 3.69. The predicted octanol–water partition coefficient (Wildman–Crippen LogP) is 1.91. The molecule has 1 aromatic carbocycles. The van der Waals surface area contributed by atoms with Crippen molar-refractivity contribution < 1.29 is 13.6 Å². The first-order valence-electron chi connectivity index (χ1n) is 8.12. The molecular formula is C17H19F2N5O. The lowest BCUT2D eigenvalue weighted by Gasteiger charge is -2.34. The van der Waals surface area contributed by atoms with Crippen LogP contribution in [0, 0.1) is 11.6 Å². The molecule has 3 rings (SSSR count). The van der Waals surface area contributed by atoms with Crippen LogP contribution < -0.4 is 10.2 Å². The lowest BCUT2D eigenvalue weighted by molar-refractivity contribution is -0.131. The minimum Gasteiger partial charge on any atom is -0.384 e. The van der Waals surface area contributed by atoms with Crippen LogP contribution in [0.25, 0.3) is 0 Å². The fourth-order valence-corrected chi connectivity index (χ4v) is 2.69. The van der Waals surface area contributed by atoms with E-state index in [9.17, 15) is 13.6 Å². The highest BCUT2D eigenvalue weighted by Gasteiger charge is 2.21. The molecule has 25 heavy (non-hydrogen) atoms. The zero-order valence-corrected chi connectivity index (χ0v) is 13.7.